The third kappa shape index (κ3) is 2.51. The quantitative estimate of drug-likeness (QED) is 0.283. The highest BCUT2D eigenvalue weighted by Gasteiger charge is 2.83. The lowest BCUT2D eigenvalue weighted by atomic mass is 9.46. The molecule has 0 aromatic heterocycles. The van der Waals surface area contributed by atoms with Gasteiger partial charge in [0.05, 0.1) is 17.9 Å². The van der Waals surface area contributed by atoms with Gasteiger partial charge in [-0.15, -0.1) is 11.6 Å². The predicted octanol–water partition coefficient (Wildman–Crippen LogP) is 5.44. The molecule has 5 aliphatic carbocycles. The second-order valence-electron chi connectivity index (χ2n) is 14.1. The molecular weight excluding hydrogens is 476 g/mol. The minimum atomic E-state index is -1.25. The van der Waals surface area contributed by atoms with E-state index in [0.29, 0.717) is 6.42 Å². The van der Waals surface area contributed by atoms with Crippen LogP contribution >= 0.6 is 11.6 Å². The first kappa shape index (κ1) is 24.9. The minimum Gasteiger partial charge on any atom is -0.450 e. The van der Waals surface area contributed by atoms with Gasteiger partial charge in [0.1, 0.15) is 5.60 Å². The second kappa shape index (κ2) is 6.94. The van der Waals surface area contributed by atoms with Gasteiger partial charge in [-0.25, -0.2) is 0 Å². The summed E-state index contributed by atoms with van der Waals surface area (Å²) in [5, 5.41) is 0. The molecule has 8 atom stereocenters. The Morgan fingerprint density at radius 1 is 1.11 bits per heavy atom. The molecule has 5 nitrogen and oxygen atoms in total. The molecule has 1 heterocycles. The van der Waals surface area contributed by atoms with E-state index in [2.05, 4.69) is 54.5 Å². The normalized spacial score (nSPS) is 49.2. The SMILES string of the molecule is C[C@@H]1C[C@H]2[C@@H]3CCC4=CC(=O)C=C[C@]4(C)[C@@]34O[C@H]4C[C@]2(C)[C@@]1(OC(=O)C1C(C)(C)C1(C)C)C(=O)CCl. The topological polar surface area (TPSA) is 73.0 Å². The van der Waals surface area contributed by atoms with Crippen LogP contribution in [0.15, 0.2) is 23.8 Å². The van der Waals surface area contributed by atoms with Crippen LogP contribution in [0.25, 0.3) is 0 Å². The second-order valence-corrected chi connectivity index (χ2v) is 14.4. The Morgan fingerprint density at radius 2 is 1.78 bits per heavy atom. The molecule has 1 spiro atoms. The average molecular weight is 515 g/mol. The molecule has 6 aliphatic rings. The Labute approximate surface area is 219 Å². The van der Waals surface area contributed by atoms with E-state index in [1.54, 1.807) is 12.2 Å². The standard InChI is InChI=1S/C30H39ClO5/c1-16-12-20-19-9-8-17-13-18(32)10-11-27(17,6)30(19)22(35-30)14-28(20,7)29(16,21(33)15-31)36-24(34)23-25(2,3)26(23,4)5/h10-11,13,16,19-20,22-23H,8-9,12,14-15H2,1-7H3/t16-,19+,20+,22+,27+,28+,29+,30-/m1/s1. The van der Waals surface area contributed by atoms with Crippen LogP contribution in [0, 0.1) is 45.3 Å². The van der Waals surface area contributed by atoms with Crippen molar-refractivity contribution in [1.82, 2.24) is 0 Å². The van der Waals surface area contributed by atoms with Crippen LogP contribution in [0.1, 0.15) is 74.1 Å². The van der Waals surface area contributed by atoms with Gasteiger partial charge in [-0.1, -0.05) is 53.2 Å². The number of allylic oxidation sites excluding steroid dienone is 2. The number of hydrogen-bond acceptors (Lipinski definition) is 5. The van der Waals surface area contributed by atoms with Crippen LogP contribution < -0.4 is 0 Å². The zero-order valence-electron chi connectivity index (χ0n) is 22.6. The summed E-state index contributed by atoms with van der Waals surface area (Å²) in [5.74, 6) is -0.549. The molecule has 0 radical (unpaired) electrons. The van der Waals surface area contributed by atoms with Crippen molar-refractivity contribution >= 4 is 29.1 Å². The Bertz CT molecular complexity index is 1140. The monoisotopic (exact) mass is 514 g/mol. The molecule has 4 saturated carbocycles. The van der Waals surface area contributed by atoms with Crippen molar-refractivity contribution in [2.75, 3.05) is 5.88 Å². The fourth-order valence-electron chi connectivity index (χ4n) is 9.94. The molecule has 36 heavy (non-hydrogen) atoms. The molecule has 0 bridgehead atoms. The van der Waals surface area contributed by atoms with Gasteiger partial charge in [-0.2, -0.15) is 0 Å². The number of carbonyl (C=O) groups excluding carboxylic acids is 3. The number of rotatable bonds is 4. The lowest BCUT2D eigenvalue weighted by molar-refractivity contribution is -0.193. The fourth-order valence-corrected chi connectivity index (χ4v) is 10.1. The number of hydrogen-bond donors (Lipinski definition) is 0. The zero-order valence-corrected chi connectivity index (χ0v) is 23.3. The average Bonchev–Trinajstić information content (AvgIpc) is 3.58. The number of epoxide rings is 1. The summed E-state index contributed by atoms with van der Waals surface area (Å²) in [4.78, 5) is 39.7. The fraction of sp³-hybridized carbons (Fsp3) is 0.767. The van der Waals surface area contributed by atoms with E-state index in [1.165, 1.54) is 0 Å². The van der Waals surface area contributed by atoms with Crippen molar-refractivity contribution in [2.45, 2.75) is 91.5 Å². The molecule has 0 aromatic carbocycles. The molecule has 0 N–H and O–H groups in total. The van der Waals surface area contributed by atoms with Crippen molar-refractivity contribution in [2.24, 2.45) is 45.3 Å². The molecule has 5 fully saturated rings. The first-order valence-corrected chi connectivity index (χ1v) is 14.1. The molecule has 0 unspecified atom stereocenters. The van der Waals surface area contributed by atoms with E-state index in [9.17, 15) is 14.4 Å². The van der Waals surface area contributed by atoms with Crippen LogP contribution in [0.4, 0.5) is 0 Å². The number of carbonyl (C=O) groups is 3. The van der Waals surface area contributed by atoms with Crippen LogP contribution in [0.3, 0.4) is 0 Å². The largest absolute Gasteiger partial charge is 0.450 e. The molecule has 0 amide bonds. The van der Waals surface area contributed by atoms with Gasteiger partial charge in [0, 0.05) is 16.7 Å². The van der Waals surface area contributed by atoms with Crippen molar-refractivity contribution in [3.8, 4) is 0 Å². The van der Waals surface area contributed by atoms with Gasteiger partial charge in [0.25, 0.3) is 0 Å². The van der Waals surface area contributed by atoms with E-state index < -0.39 is 11.0 Å². The van der Waals surface area contributed by atoms with E-state index in [4.69, 9.17) is 21.1 Å². The first-order valence-electron chi connectivity index (χ1n) is 13.6. The Balaban J connectivity index is 1.40. The first-order chi connectivity index (χ1) is 16.6. The summed E-state index contributed by atoms with van der Waals surface area (Å²) in [6, 6.07) is 0. The number of halogens is 1. The maximum Gasteiger partial charge on any atom is 0.311 e. The summed E-state index contributed by atoms with van der Waals surface area (Å²) in [6.45, 7) is 14.8. The maximum absolute atomic E-state index is 13.8. The summed E-state index contributed by atoms with van der Waals surface area (Å²) in [5.41, 5.74) is -1.68. The molecule has 1 aliphatic heterocycles. The lowest BCUT2D eigenvalue weighted by Gasteiger charge is -2.56. The molecular formula is C30H39ClO5. The predicted molar refractivity (Wildman–Crippen MR) is 136 cm³/mol. The molecule has 1 saturated heterocycles. The van der Waals surface area contributed by atoms with E-state index in [-0.39, 0.29) is 75.0 Å². The highest BCUT2D eigenvalue weighted by atomic mass is 35.5. The van der Waals surface area contributed by atoms with Gasteiger partial charge in [-0.3, -0.25) is 14.4 Å². The third-order valence-electron chi connectivity index (χ3n) is 12.5. The summed E-state index contributed by atoms with van der Waals surface area (Å²) >= 11 is 6.26. The Hall–Kier alpha value is -1.46. The van der Waals surface area contributed by atoms with Gasteiger partial charge < -0.3 is 9.47 Å². The number of alkyl halides is 1. The van der Waals surface area contributed by atoms with Crippen molar-refractivity contribution in [3.63, 3.8) is 0 Å². The van der Waals surface area contributed by atoms with Gasteiger partial charge in [0.15, 0.2) is 17.2 Å². The maximum atomic E-state index is 13.8. The number of fused-ring (bicyclic) bond motifs is 3. The van der Waals surface area contributed by atoms with E-state index >= 15 is 0 Å². The number of ether oxygens (including phenoxy) is 2. The van der Waals surface area contributed by atoms with Gasteiger partial charge in [-0.05, 0) is 67.4 Å². The van der Waals surface area contributed by atoms with E-state index in [1.807, 2.05) is 0 Å². The zero-order chi connectivity index (χ0) is 26.3. The number of Topliss-reactive ketones (excluding diaryl/α,β-unsaturated/α-hetero) is 1. The highest BCUT2D eigenvalue weighted by Crippen LogP contribution is 2.77. The summed E-state index contributed by atoms with van der Waals surface area (Å²) < 4.78 is 13.2. The van der Waals surface area contributed by atoms with Crippen LogP contribution in [0.5, 0.6) is 0 Å². The molecule has 6 rings (SSSR count). The molecule has 196 valence electrons. The lowest BCUT2D eigenvalue weighted by Crippen LogP contribution is -2.63. The van der Waals surface area contributed by atoms with Crippen molar-refractivity contribution in [1.29, 1.82) is 0 Å². The molecule has 0 aromatic rings. The smallest absolute Gasteiger partial charge is 0.311 e. The van der Waals surface area contributed by atoms with Gasteiger partial charge in [0.2, 0.25) is 0 Å². The van der Waals surface area contributed by atoms with Crippen LogP contribution in [0.2, 0.25) is 0 Å². The van der Waals surface area contributed by atoms with Gasteiger partial charge >= 0.3 is 5.97 Å². The summed E-state index contributed by atoms with van der Waals surface area (Å²) in [7, 11) is 0. The van der Waals surface area contributed by atoms with Crippen molar-refractivity contribution in [3.05, 3.63) is 23.8 Å². The molecule has 6 heteroatoms. The highest BCUT2D eigenvalue weighted by molar-refractivity contribution is 6.29. The van der Waals surface area contributed by atoms with Crippen LogP contribution in [-0.4, -0.2) is 40.7 Å². The third-order valence-corrected chi connectivity index (χ3v) is 12.8. The number of esters is 1. The Kier molecular flexibility index (Phi) is 4.79. The van der Waals surface area contributed by atoms with Crippen molar-refractivity contribution < 1.29 is 23.9 Å². The van der Waals surface area contributed by atoms with E-state index in [0.717, 1.165) is 24.8 Å². The van der Waals surface area contributed by atoms with Crippen LogP contribution in [-0.2, 0) is 23.9 Å². The number of ketones is 2. The minimum absolute atomic E-state index is 0.0457. The Morgan fingerprint density at radius 3 is 2.39 bits per heavy atom. The summed E-state index contributed by atoms with van der Waals surface area (Å²) in [6.07, 6.45) is 8.71.